The van der Waals surface area contributed by atoms with Gasteiger partial charge in [-0.05, 0) is 65.4 Å². The normalized spacial score (nSPS) is 26.6. The number of hydrogen-bond donors (Lipinski definition) is 7. The van der Waals surface area contributed by atoms with Gasteiger partial charge in [0.2, 0.25) is 0 Å². The molecule has 0 aliphatic carbocycles. The number of hydrogen-bond acceptors (Lipinski definition) is 8. The van der Waals surface area contributed by atoms with Gasteiger partial charge in [0.05, 0.1) is 24.8 Å². The number of phenolic OH excluding ortho intramolecular Hbond substituents is 1. The second-order valence-electron chi connectivity index (χ2n) is 12.0. The van der Waals surface area contributed by atoms with Gasteiger partial charge >= 0.3 is 6.03 Å². The van der Waals surface area contributed by atoms with E-state index in [1.54, 1.807) is 41.3 Å². The third-order valence-corrected chi connectivity index (χ3v) is 9.04. The third kappa shape index (κ3) is 6.59. The highest BCUT2D eigenvalue weighted by Crippen LogP contribution is 2.42. The van der Waals surface area contributed by atoms with Crippen LogP contribution in [0, 0.1) is 5.82 Å². The van der Waals surface area contributed by atoms with E-state index in [-0.39, 0.29) is 18.2 Å². The van der Waals surface area contributed by atoms with Crippen LogP contribution in [0.25, 0.3) is 11.1 Å². The van der Waals surface area contributed by atoms with Crippen molar-refractivity contribution in [3.8, 4) is 16.9 Å². The summed E-state index contributed by atoms with van der Waals surface area (Å²) in [5, 5.41) is 65.5. The molecule has 2 heterocycles. The summed E-state index contributed by atoms with van der Waals surface area (Å²) in [6, 6.07) is 25.5. The summed E-state index contributed by atoms with van der Waals surface area (Å²) in [6.45, 7) is -0.523. The van der Waals surface area contributed by atoms with Gasteiger partial charge in [0.1, 0.15) is 42.1 Å². The lowest BCUT2D eigenvalue weighted by molar-refractivity contribution is -0.231. The minimum atomic E-state index is -1.49. The summed E-state index contributed by atoms with van der Waals surface area (Å²) in [4.78, 5) is 14.9. The van der Waals surface area contributed by atoms with Crippen LogP contribution in [0.3, 0.4) is 0 Å². The van der Waals surface area contributed by atoms with Crippen LogP contribution in [-0.2, 0) is 4.74 Å². The highest BCUT2D eigenvalue weighted by Gasteiger charge is 2.44. The number of rotatable bonds is 9. The maximum absolute atomic E-state index is 13.4. The van der Waals surface area contributed by atoms with Gasteiger partial charge in [0, 0.05) is 11.3 Å². The molecule has 246 valence electrons. The molecule has 2 aliphatic heterocycles. The Morgan fingerprint density at radius 1 is 0.851 bits per heavy atom. The maximum atomic E-state index is 13.4. The van der Waals surface area contributed by atoms with Gasteiger partial charge in [0.25, 0.3) is 0 Å². The van der Waals surface area contributed by atoms with Gasteiger partial charge in [-0.1, -0.05) is 66.7 Å². The summed E-state index contributed by atoms with van der Waals surface area (Å²) in [5.41, 5.74) is 3.67. The van der Waals surface area contributed by atoms with Gasteiger partial charge in [-0.15, -0.1) is 0 Å². The minimum absolute atomic E-state index is 0.0352. The number of urea groups is 1. The number of ether oxygens (including phenoxy) is 1. The molecule has 0 saturated carbocycles. The average molecular weight is 645 g/mol. The van der Waals surface area contributed by atoms with E-state index in [0.29, 0.717) is 34.4 Å². The van der Waals surface area contributed by atoms with Gasteiger partial charge in [-0.2, -0.15) is 0 Å². The Bertz CT molecular complexity index is 1670. The molecular formula is C36H37FN2O8. The second-order valence-corrected chi connectivity index (χ2v) is 12.0. The van der Waals surface area contributed by atoms with E-state index in [1.807, 2.05) is 36.4 Å². The topological polar surface area (TPSA) is 163 Å². The monoisotopic (exact) mass is 644 g/mol. The van der Waals surface area contributed by atoms with E-state index in [0.717, 1.165) is 5.56 Å². The van der Waals surface area contributed by atoms with Crippen LogP contribution in [0.15, 0.2) is 97.1 Å². The number of halogens is 1. The van der Waals surface area contributed by atoms with E-state index in [2.05, 4.69) is 5.32 Å². The van der Waals surface area contributed by atoms with Crippen molar-refractivity contribution in [2.75, 3.05) is 11.5 Å². The van der Waals surface area contributed by atoms with Crippen LogP contribution in [0.1, 0.15) is 47.8 Å². The SMILES string of the molecule is O=C1N[C@@H](CC[C@H](O)c2ccc(F)cc2)[C@@H](c2ccc(-c3ccc([C@@H]4O[C@H](CO)[C@@H](O)[C@H](O)[C@H]4O)cc3)cc2O)N1c1ccccc1. The molecule has 4 aromatic carbocycles. The third-order valence-electron chi connectivity index (χ3n) is 9.04. The molecule has 2 saturated heterocycles. The van der Waals surface area contributed by atoms with Crippen molar-refractivity contribution in [3.05, 3.63) is 120 Å². The zero-order chi connectivity index (χ0) is 33.2. The standard InChI is InChI=1S/C36H37FN2O8/c37-24-13-10-21(11-14-24)28(41)17-16-27-31(39(36(46)38-27)25-4-2-1-3-5-25)26-15-12-23(18-29(26)42)20-6-8-22(9-7-20)35-34(45)33(44)32(43)30(19-40)47-35/h1-15,18,27-28,30-35,40-45H,16-17,19H2,(H,38,46)/t27-,28-,30+,31+,32+,33-,34+,35-/m0/s1. The average Bonchev–Trinajstić information content (AvgIpc) is 3.42. The molecule has 0 bridgehead atoms. The van der Waals surface area contributed by atoms with Crippen molar-refractivity contribution in [2.24, 2.45) is 0 Å². The Labute approximate surface area is 270 Å². The van der Waals surface area contributed by atoms with Crippen molar-refractivity contribution in [1.82, 2.24) is 5.32 Å². The number of para-hydroxylation sites is 1. The van der Waals surface area contributed by atoms with Crippen LogP contribution in [-0.4, -0.2) is 73.7 Å². The Morgan fingerprint density at radius 3 is 2.19 bits per heavy atom. The quantitative estimate of drug-likeness (QED) is 0.145. The van der Waals surface area contributed by atoms with Crippen LogP contribution < -0.4 is 10.2 Å². The number of benzene rings is 4. The predicted molar refractivity (Wildman–Crippen MR) is 171 cm³/mol. The molecule has 6 rings (SSSR count). The largest absolute Gasteiger partial charge is 0.508 e. The van der Waals surface area contributed by atoms with E-state index in [1.165, 1.54) is 24.3 Å². The molecule has 0 aromatic heterocycles. The van der Waals surface area contributed by atoms with Gasteiger partial charge < -0.3 is 40.7 Å². The lowest BCUT2D eigenvalue weighted by Gasteiger charge is -2.40. The van der Waals surface area contributed by atoms with Crippen LogP contribution in [0.4, 0.5) is 14.9 Å². The van der Waals surface area contributed by atoms with E-state index in [9.17, 15) is 39.8 Å². The molecule has 0 radical (unpaired) electrons. The number of phenols is 1. The summed E-state index contributed by atoms with van der Waals surface area (Å²) >= 11 is 0. The van der Waals surface area contributed by atoms with Gasteiger partial charge in [0.15, 0.2) is 0 Å². The number of nitrogens with zero attached hydrogens (tertiary/aromatic N) is 1. The van der Waals surface area contributed by atoms with Gasteiger partial charge in [-0.25, -0.2) is 9.18 Å². The van der Waals surface area contributed by atoms with E-state index < -0.39 is 61.1 Å². The lowest BCUT2D eigenvalue weighted by atomic mass is 9.90. The van der Waals surface area contributed by atoms with Crippen molar-refractivity contribution in [3.63, 3.8) is 0 Å². The number of carbonyl (C=O) groups is 1. The number of amides is 2. The number of aromatic hydroxyl groups is 1. The predicted octanol–water partition coefficient (Wildman–Crippen LogP) is 3.87. The Balaban J connectivity index is 1.25. The Kier molecular flexibility index (Phi) is 9.55. The van der Waals surface area contributed by atoms with Crippen LogP contribution in [0.2, 0.25) is 0 Å². The highest BCUT2D eigenvalue weighted by molar-refractivity contribution is 5.96. The Morgan fingerprint density at radius 2 is 1.53 bits per heavy atom. The molecule has 8 atom stereocenters. The summed E-state index contributed by atoms with van der Waals surface area (Å²) in [7, 11) is 0. The van der Waals surface area contributed by atoms with Crippen molar-refractivity contribution >= 4 is 11.7 Å². The fourth-order valence-electron chi connectivity index (χ4n) is 6.47. The molecule has 7 N–H and O–H groups in total. The second kappa shape index (κ2) is 13.8. The first-order chi connectivity index (χ1) is 22.7. The number of carbonyl (C=O) groups excluding carboxylic acids is 1. The smallest absolute Gasteiger partial charge is 0.322 e. The van der Waals surface area contributed by atoms with Crippen molar-refractivity contribution in [2.45, 2.75) is 61.5 Å². The van der Waals surface area contributed by atoms with E-state index in [4.69, 9.17) is 4.74 Å². The molecule has 10 nitrogen and oxygen atoms in total. The molecule has 2 aliphatic rings. The number of aliphatic hydroxyl groups excluding tert-OH is 5. The first-order valence-corrected chi connectivity index (χ1v) is 15.5. The lowest BCUT2D eigenvalue weighted by Crippen LogP contribution is -2.55. The fourth-order valence-corrected chi connectivity index (χ4v) is 6.47. The fraction of sp³-hybridized carbons (Fsp3) is 0.306. The first kappa shape index (κ1) is 32.6. The number of nitrogens with one attached hydrogen (secondary N) is 1. The molecule has 2 amide bonds. The van der Waals surface area contributed by atoms with E-state index >= 15 is 0 Å². The zero-order valence-corrected chi connectivity index (χ0v) is 25.3. The highest BCUT2D eigenvalue weighted by atomic mass is 19.1. The van der Waals surface area contributed by atoms with Crippen LogP contribution >= 0.6 is 0 Å². The first-order valence-electron chi connectivity index (χ1n) is 15.5. The molecule has 0 unspecified atom stereocenters. The van der Waals surface area contributed by atoms with Crippen molar-refractivity contribution in [1.29, 1.82) is 0 Å². The molecule has 11 heteroatoms. The number of aliphatic hydroxyl groups is 5. The zero-order valence-electron chi connectivity index (χ0n) is 25.3. The Hall–Kier alpha value is -4.36. The van der Waals surface area contributed by atoms with Crippen LogP contribution in [0.5, 0.6) is 5.75 Å². The molecule has 47 heavy (non-hydrogen) atoms. The van der Waals surface area contributed by atoms with Crippen molar-refractivity contribution < 1.29 is 44.6 Å². The number of anilines is 1. The summed E-state index contributed by atoms with van der Waals surface area (Å²) in [6.07, 6.45) is -6.54. The minimum Gasteiger partial charge on any atom is -0.508 e. The maximum Gasteiger partial charge on any atom is 0.322 e. The summed E-state index contributed by atoms with van der Waals surface area (Å²) in [5.74, 6) is -0.432. The molecular weight excluding hydrogens is 607 g/mol. The molecule has 4 aromatic rings. The molecule has 2 fully saturated rings. The van der Waals surface area contributed by atoms with Gasteiger partial charge in [-0.3, -0.25) is 4.90 Å². The summed E-state index contributed by atoms with van der Waals surface area (Å²) < 4.78 is 19.1. The molecule has 0 spiro atoms.